The highest BCUT2D eigenvalue weighted by Crippen LogP contribution is 2.44. The molecule has 0 unspecified atom stereocenters. The summed E-state index contributed by atoms with van der Waals surface area (Å²) in [6, 6.07) is 24.4. The zero-order chi connectivity index (χ0) is 47.8. The number of amides is 2. The van der Waals surface area contributed by atoms with Crippen molar-refractivity contribution in [3.8, 4) is 0 Å². The molecule has 23 heteroatoms. The summed E-state index contributed by atoms with van der Waals surface area (Å²) in [5, 5.41) is 3.61. The number of aromatic nitrogens is 2. The number of piperazine rings is 1. The number of rotatable bonds is 11. The minimum absolute atomic E-state index is 0. The van der Waals surface area contributed by atoms with Crippen LogP contribution in [0.3, 0.4) is 0 Å². The Balaban J connectivity index is 0.000000254. The molecule has 0 spiro atoms. The molecule has 68 heavy (non-hydrogen) atoms. The zero-order valence-electron chi connectivity index (χ0n) is 35.9. The Bertz CT molecular complexity index is 3000. The third-order valence-corrected chi connectivity index (χ3v) is 17.0. The standard InChI is InChI=1S/C23H25N5O3S2.C22H18ClF3N4O3S2.4H2/c29-22-21(27-15-13-26(14-16-27)18-4-2-1-3-5-18)10-12-28(22)19-6-8-20(9-7-19)33(30,31)25-23-24-11-17-32-23;23-19-15-7-10-30(17(15)6-5-16(19)22(24,25)26)18-8-11-29(20(18)31)13-1-3-14(4-2-13)35(32,33)28-21-27-9-12-34-21;;;;/h1-9,11,17,21H,10,12-16H2,(H,24,25);1-6,9,12,18H,7-8,10-11H2,(H,27,28);4*1H/t21-;18-;;;;/m01..../s1. The molecule has 4 aliphatic rings. The van der Waals surface area contributed by atoms with E-state index in [1.54, 1.807) is 55.9 Å². The Morgan fingerprint density at radius 3 is 1.65 bits per heavy atom. The van der Waals surface area contributed by atoms with Crippen molar-refractivity contribution < 1.29 is 45.3 Å². The first-order chi connectivity index (χ1) is 32.6. The second kappa shape index (κ2) is 19.3. The van der Waals surface area contributed by atoms with Gasteiger partial charge in [0.2, 0.25) is 11.8 Å². The highest BCUT2D eigenvalue weighted by Gasteiger charge is 2.42. The first-order valence-corrected chi connectivity index (χ1v) is 26.5. The summed E-state index contributed by atoms with van der Waals surface area (Å²) in [6.45, 7) is 4.90. The molecule has 2 amide bonds. The number of fused-ring (bicyclic) bond motifs is 1. The topological polar surface area (TPSA) is 168 Å². The molecule has 0 radical (unpaired) electrons. The minimum atomic E-state index is -4.55. The van der Waals surface area contributed by atoms with E-state index in [0.717, 1.165) is 55.7 Å². The van der Waals surface area contributed by atoms with E-state index >= 15 is 0 Å². The molecule has 4 aromatic carbocycles. The van der Waals surface area contributed by atoms with Crippen molar-refractivity contribution in [1.82, 2.24) is 14.9 Å². The molecule has 2 aromatic heterocycles. The van der Waals surface area contributed by atoms with Crippen molar-refractivity contribution in [1.29, 1.82) is 0 Å². The number of carbonyl (C=O) groups excluding carboxylic acids is 2. The number of anilines is 6. The molecule has 15 nitrogen and oxygen atoms in total. The number of para-hydroxylation sites is 1. The van der Waals surface area contributed by atoms with Gasteiger partial charge in [0.25, 0.3) is 20.0 Å². The Morgan fingerprint density at radius 2 is 1.15 bits per heavy atom. The normalized spacial score (nSPS) is 19.0. The largest absolute Gasteiger partial charge is 0.417 e. The van der Waals surface area contributed by atoms with Gasteiger partial charge in [-0.05, 0) is 97.6 Å². The van der Waals surface area contributed by atoms with Crippen molar-refractivity contribution >= 4 is 99.1 Å². The highest BCUT2D eigenvalue weighted by molar-refractivity contribution is 7.93. The van der Waals surface area contributed by atoms with Crippen LogP contribution in [0, 0.1) is 0 Å². The van der Waals surface area contributed by atoms with E-state index in [0.29, 0.717) is 54.5 Å². The number of thiazole rings is 2. The first kappa shape index (κ1) is 47.3. The monoisotopic (exact) mass is 1030 g/mol. The fourth-order valence-corrected chi connectivity index (χ4v) is 12.9. The van der Waals surface area contributed by atoms with Gasteiger partial charge in [-0.3, -0.25) is 23.9 Å². The van der Waals surface area contributed by atoms with E-state index in [2.05, 4.69) is 41.3 Å². The highest BCUT2D eigenvalue weighted by atomic mass is 35.5. The molecule has 4 aliphatic heterocycles. The number of halogens is 4. The van der Waals surface area contributed by atoms with Crippen molar-refractivity contribution in [3.63, 3.8) is 0 Å². The lowest BCUT2D eigenvalue weighted by atomic mass is 10.1. The molecule has 0 aliphatic carbocycles. The third kappa shape index (κ3) is 9.88. The number of benzene rings is 4. The molecule has 0 saturated carbocycles. The van der Waals surface area contributed by atoms with Crippen LogP contribution in [0.4, 0.5) is 46.2 Å². The molecule has 6 aromatic rings. The maximum absolute atomic E-state index is 13.2. The van der Waals surface area contributed by atoms with E-state index in [9.17, 15) is 39.6 Å². The molecule has 3 fully saturated rings. The summed E-state index contributed by atoms with van der Waals surface area (Å²) in [7, 11) is -7.53. The predicted molar refractivity (Wildman–Crippen MR) is 266 cm³/mol. The number of nitrogens with zero attached hydrogens (tertiary/aromatic N) is 7. The second-order valence-corrected chi connectivity index (χ2v) is 21.7. The Kier molecular flexibility index (Phi) is 13.4. The minimum Gasteiger partial charge on any atom is -0.369 e. The van der Waals surface area contributed by atoms with Crippen molar-refractivity contribution in [2.24, 2.45) is 0 Å². The summed E-state index contributed by atoms with van der Waals surface area (Å²) in [4.78, 5) is 44.2. The first-order valence-electron chi connectivity index (χ1n) is 21.4. The lowest BCUT2D eigenvalue weighted by molar-refractivity contribution is -0.137. The summed E-state index contributed by atoms with van der Waals surface area (Å²) >= 11 is 8.44. The fraction of sp³-hybridized carbons (Fsp3) is 0.289. The van der Waals surface area contributed by atoms with Crippen molar-refractivity contribution in [2.75, 3.05) is 74.9 Å². The van der Waals surface area contributed by atoms with Gasteiger partial charge in [0, 0.05) is 97.4 Å². The number of alkyl halides is 3. The zero-order valence-corrected chi connectivity index (χ0v) is 39.9. The predicted octanol–water partition coefficient (Wildman–Crippen LogP) is 8.64. The molecular formula is C45H51ClF3N9O6S4. The van der Waals surface area contributed by atoms with Crippen LogP contribution in [0.15, 0.2) is 124 Å². The summed E-state index contributed by atoms with van der Waals surface area (Å²) < 4.78 is 94.7. The number of nitrogens with one attached hydrogen (secondary N) is 2. The van der Waals surface area contributed by atoms with Gasteiger partial charge < -0.3 is 19.6 Å². The molecule has 10 rings (SSSR count). The SMILES string of the molecule is O=C1[C@@H](N2CCN(c3ccccc3)CC2)CCN1c1ccc(S(=O)(=O)Nc2nccs2)cc1.O=C1[C@H](N2CCc3c2ccc(C(F)(F)F)c3Cl)CCN1c1ccc(S(=O)(=O)Nc2nccs2)cc1.[HH].[HH].[HH].[HH]. The van der Waals surface area contributed by atoms with Gasteiger partial charge in [-0.15, -0.1) is 22.7 Å². The van der Waals surface area contributed by atoms with Crippen LogP contribution >= 0.6 is 34.3 Å². The van der Waals surface area contributed by atoms with Gasteiger partial charge in [-0.1, -0.05) is 29.8 Å². The fourth-order valence-electron chi connectivity index (χ4n) is 8.92. The van der Waals surface area contributed by atoms with E-state index < -0.39 is 37.8 Å². The van der Waals surface area contributed by atoms with E-state index in [-0.39, 0.29) is 43.5 Å². The van der Waals surface area contributed by atoms with Gasteiger partial charge in [-0.25, -0.2) is 26.8 Å². The molecule has 6 heterocycles. The molecule has 2 atom stereocenters. The van der Waals surface area contributed by atoms with E-state index in [1.807, 2.05) is 18.2 Å². The number of hydrogen-bond acceptors (Lipinski definition) is 13. The maximum atomic E-state index is 13.2. The quantitative estimate of drug-likeness (QED) is 0.127. The maximum Gasteiger partial charge on any atom is 0.417 e. The lowest BCUT2D eigenvalue weighted by Crippen LogP contribution is -2.52. The smallest absolute Gasteiger partial charge is 0.369 e. The molecular weight excluding hydrogens is 983 g/mol. The summed E-state index contributed by atoms with van der Waals surface area (Å²) in [5.74, 6) is -0.120. The molecule has 364 valence electrons. The lowest BCUT2D eigenvalue weighted by Gasteiger charge is -2.38. The van der Waals surface area contributed by atoms with Crippen LogP contribution in [0.2, 0.25) is 5.02 Å². The Morgan fingerprint density at radius 1 is 0.632 bits per heavy atom. The van der Waals surface area contributed by atoms with Gasteiger partial charge in [0.1, 0.15) is 6.04 Å². The average Bonchev–Trinajstić information content (AvgIpc) is 4.20. The third-order valence-electron chi connectivity index (χ3n) is 12.3. The summed E-state index contributed by atoms with van der Waals surface area (Å²) in [6.07, 6.45) is 0.0550. The van der Waals surface area contributed by atoms with Gasteiger partial charge >= 0.3 is 6.18 Å². The Hall–Kier alpha value is -5.78. The summed E-state index contributed by atoms with van der Waals surface area (Å²) in [5.41, 5.74) is 2.54. The van der Waals surface area contributed by atoms with Crippen molar-refractivity contribution in [2.45, 2.75) is 47.3 Å². The number of sulfonamides is 2. The van der Waals surface area contributed by atoms with Gasteiger partial charge in [0.15, 0.2) is 10.3 Å². The van der Waals surface area contributed by atoms with E-state index in [1.165, 1.54) is 53.6 Å². The molecule has 2 N–H and O–H groups in total. The Labute approximate surface area is 409 Å². The molecule has 0 bridgehead atoms. The second-order valence-electron chi connectivity index (χ2n) is 16.2. The van der Waals surface area contributed by atoms with Gasteiger partial charge in [-0.2, -0.15) is 13.2 Å². The van der Waals surface area contributed by atoms with Crippen LogP contribution in [0.5, 0.6) is 0 Å². The average molecular weight is 1030 g/mol. The van der Waals surface area contributed by atoms with Crippen molar-refractivity contribution in [3.05, 3.63) is 130 Å². The van der Waals surface area contributed by atoms with Crippen LogP contribution in [0.25, 0.3) is 0 Å². The molecule has 3 saturated heterocycles. The number of carbonyl (C=O) groups is 2. The van der Waals surface area contributed by atoms with Crippen LogP contribution < -0.4 is 29.0 Å². The van der Waals surface area contributed by atoms with Gasteiger partial charge in [0.05, 0.1) is 26.4 Å². The van der Waals surface area contributed by atoms with E-state index in [4.69, 9.17) is 11.6 Å². The van der Waals surface area contributed by atoms with Crippen LogP contribution in [0.1, 0.15) is 29.7 Å². The number of hydrogen-bond donors (Lipinski definition) is 2. The van der Waals surface area contributed by atoms with Crippen LogP contribution in [-0.4, -0.2) is 101 Å². The van der Waals surface area contributed by atoms with Crippen LogP contribution in [-0.2, 0) is 42.2 Å².